The van der Waals surface area contributed by atoms with Gasteiger partial charge in [-0.25, -0.2) is 4.79 Å². The van der Waals surface area contributed by atoms with Crippen molar-refractivity contribution in [3.8, 4) is 0 Å². The zero-order chi connectivity index (χ0) is 16.4. The number of non-ortho nitro benzene ring substituents is 1. The lowest BCUT2D eigenvalue weighted by molar-refractivity contribution is -0.385. The zero-order valence-electron chi connectivity index (χ0n) is 12.4. The molecule has 0 amide bonds. The van der Waals surface area contributed by atoms with E-state index >= 15 is 0 Å². The number of benzene rings is 2. The third-order valence-corrected chi connectivity index (χ3v) is 3.64. The molecular formula is C17H14N2O4. The molecule has 3 rings (SSSR count). The average Bonchev–Trinajstić information content (AvgIpc) is 2.99. The van der Waals surface area contributed by atoms with Crippen molar-refractivity contribution in [2.24, 2.45) is 0 Å². The number of para-hydroxylation sites is 1. The molecule has 3 aromatic rings. The quantitative estimate of drug-likeness (QED) is 0.448. The van der Waals surface area contributed by atoms with Crippen LogP contribution in [0.1, 0.15) is 28.9 Å². The number of carbonyl (C=O) groups is 1. The van der Waals surface area contributed by atoms with E-state index < -0.39 is 17.0 Å². The summed E-state index contributed by atoms with van der Waals surface area (Å²) >= 11 is 0. The standard InChI is InChI=1S/C17H14N2O4/c1-11(12-5-4-6-13(9-12)19(21)22)23-17(20)15-10-18-16-8-3-2-7-14(15)16/h2-11,18H,1H3/t11-/m0/s1. The molecule has 2 aromatic carbocycles. The van der Waals surface area contributed by atoms with Crippen LogP contribution in [-0.4, -0.2) is 15.9 Å². The Hall–Kier alpha value is -3.15. The summed E-state index contributed by atoms with van der Waals surface area (Å²) < 4.78 is 5.44. The SMILES string of the molecule is C[C@H](OC(=O)c1c[nH]c2ccccc12)c1cccc([N+](=O)[O-])c1. The first-order chi connectivity index (χ1) is 11.1. The van der Waals surface area contributed by atoms with E-state index in [2.05, 4.69) is 4.98 Å². The highest BCUT2D eigenvalue weighted by atomic mass is 16.6. The van der Waals surface area contributed by atoms with Gasteiger partial charge in [-0.05, 0) is 18.6 Å². The molecule has 0 unspecified atom stereocenters. The van der Waals surface area contributed by atoms with Gasteiger partial charge in [-0.2, -0.15) is 0 Å². The summed E-state index contributed by atoms with van der Waals surface area (Å²) in [5.41, 5.74) is 1.84. The predicted molar refractivity (Wildman–Crippen MR) is 85.2 cm³/mol. The molecule has 1 heterocycles. The number of aromatic amines is 1. The van der Waals surface area contributed by atoms with E-state index in [0.717, 1.165) is 10.9 Å². The molecule has 0 saturated carbocycles. The molecule has 0 radical (unpaired) electrons. The number of aromatic nitrogens is 1. The minimum atomic E-state index is -0.587. The largest absolute Gasteiger partial charge is 0.454 e. The molecule has 6 heteroatoms. The van der Waals surface area contributed by atoms with E-state index in [4.69, 9.17) is 4.74 Å². The van der Waals surface area contributed by atoms with Crippen molar-refractivity contribution in [1.82, 2.24) is 4.98 Å². The Labute approximate surface area is 131 Å². The van der Waals surface area contributed by atoms with Crippen LogP contribution < -0.4 is 0 Å². The van der Waals surface area contributed by atoms with Crippen LogP contribution in [0, 0.1) is 10.1 Å². The molecule has 0 saturated heterocycles. The maximum atomic E-state index is 12.3. The molecule has 0 spiro atoms. The van der Waals surface area contributed by atoms with Crippen molar-refractivity contribution in [2.75, 3.05) is 0 Å². The van der Waals surface area contributed by atoms with Crippen molar-refractivity contribution in [1.29, 1.82) is 0 Å². The number of nitro benzene ring substituents is 1. The third-order valence-electron chi connectivity index (χ3n) is 3.64. The number of nitrogens with zero attached hydrogens (tertiary/aromatic N) is 1. The monoisotopic (exact) mass is 310 g/mol. The van der Waals surface area contributed by atoms with E-state index in [9.17, 15) is 14.9 Å². The molecule has 0 aliphatic rings. The fourth-order valence-electron chi connectivity index (χ4n) is 2.42. The molecule has 23 heavy (non-hydrogen) atoms. The van der Waals surface area contributed by atoms with Gasteiger partial charge in [-0.15, -0.1) is 0 Å². The van der Waals surface area contributed by atoms with Gasteiger partial charge in [0.1, 0.15) is 6.10 Å². The van der Waals surface area contributed by atoms with Gasteiger partial charge in [0, 0.05) is 29.2 Å². The molecule has 6 nitrogen and oxygen atoms in total. The van der Waals surface area contributed by atoms with Crippen LogP contribution in [0.5, 0.6) is 0 Å². The fourth-order valence-corrected chi connectivity index (χ4v) is 2.42. The van der Waals surface area contributed by atoms with Gasteiger partial charge in [0.05, 0.1) is 10.5 Å². The summed E-state index contributed by atoms with van der Waals surface area (Å²) in [6, 6.07) is 13.5. The van der Waals surface area contributed by atoms with E-state index in [-0.39, 0.29) is 5.69 Å². The van der Waals surface area contributed by atoms with Crippen LogP contribution in [0.4, 0.5) is 5.69 Å². The first kappa shape index (κ1) is 14.8. The Morgan fingerprint density at radius 3 is 2.78 bits per heavy atom. The van der Waals surface area contributed by atoms with Gasteiger partial charge in [-0.1, -0.05) is 30.3 Å². The van der Waals surface area contributed by atoms with Crippen molar-refractivity contribution >= 4 is 22.6 Å². The van der Waals surface area contributed by atoms with Crippen molar-refractivity contribution in [3.63, 3.8) is 0 Å². The Morgan fingerprint density at radius 2 is 2.00 bits per heavy atom. The predicted octanol–water partition coefficient (Wildman–Crippen LogP) is 3.99. The molecule has 0 fully saturated rings. The number of nitrogens with one attached hydrogen (secondary N) is 1. The van der Waals surface area contributed by atoms with Crippen LogP contribution in [0.2, 0.25) is 0 Å². The van der Waals surface area contributed by atoms with Crippen molar-refractivity contribution < 1.29 is 14.5 Å². The first-order valence-electron chi connectivity index (χ1n) is 7.07. The highest BCUT2D eigenvalue weighted by Gasteiger charge is 2.18. The van der Waals surface area contributed by atoms with Gasteiger partial charge >= 0.3 is 5.97 Å². The summed E-state index contributed by atoms with van der Waals surface area (Å²) in [4.78, 5) is 25.7. The molecule has 116 valence electrons. The van der Waals surface area contributed by atoms with E-state index in [1.165, 1.54) is 12.1 Å². The number of hydrogen-bond acceptors (Lipinski definition) is 4. The van der Waals surface area contributed by atoms with Gasteiger partial charge in [0.25, 0.3) is 5.69 Å². The molecule has 0 aliphatic carbocycles. The van der Waals surface area contributed by atoms with Crippen LogP contribution in [0.3, 0.4) is 0 Å². The molecule has 1 aromatic heterocycles. The summed E-state index contributed by atoms with van der Waals surface area (Å²) in [6.45, 7) is 1.69. The van der Waals surface area contributed by atoms with Gasteiger partial charge < -0.3 is 9.72 Å². The summed E-state index contributed by atoms with van der Waals surface area (Å²) in [5, 5.41) is 11.6. The molecule has 0 aliphatic heterocycles. The van der Waals surface area contributed by atoms with Gasteiger partial charge in [0.15, 0.2) is 0 Å². The molecule has 1 N–H and O–H groups in total. The summed E-state index contributed by atoms with van der Waals surface area (Å²) in [7, 11) is 0. The minimum Gasteiger partial charge on any atom is -0.454 e. The number of rotatable bonds is 4. The van der Waals surface area contributed by atoms with Crippen molar-refractivity contribution in [3.05, 3.63) is 76.0 Å². The maximum absolute atomic E-state index is 12.3. The van der Waals surface area contributed by atoms with E-state index in [1.54, 1.807) is 25.3 Å². The Morgan fingerprint density at radius 1 is 1.22 bits per heavy atom. The maximum Gasteiger partial charge on any atom is 0.340 e. The smallest absolute Gasteiger partial charge is 0.340 e. The Bertz CT molecular complexity index is 885. The highest BCUT2D eigenvalue weighted by molar-refractivity contribution is 6.04. The molecular weight excluding hydrogens is 296 g/mol. The summed E-state index contributed by atoms with van der Waals surface area (Å²) in [6.07, 6.45) is 1.02. The third kappa shape index (κ3) is 2.91. The topological polar surface area (TPSA) is 85.2 Å². The lowest BCUT2D eigenvalue weighted by Crippen LogP contribution is -2.09. The number of nitro groups is 1. The van der Waals surface area contributed by atoms with Gasteiger partial charge in [-0.3, -0.25) is 10.1 Å². The number of esters is 1. The van der Waals surface area contributed by atoms with Gasteiger partial charge in [0.2, 0.25) is 0 Å². The number of ether oxygens (including phenoxy) is 1. The Kier molecular flexibility index (Phi) is 3.80. The lowest BCUT2D eigenvalue weighted by atomic mass is 10.1. The fraction of sp³-hybridized carbons (Fsp3) is 0.118. The number of hydrogen-bond donors (Lipinski definition) is 1. The zero-order valence-corrected chi connectivity index (χ0v) is 12.4. The second-order valence-electron chi connectivity index (χ2n) is 5.15. The summed E-state index contributed by atoms with van der Waals surface area (Å²) in [5.74, 6) is -0.471. The van der Waals surface area contributed by atoms with Crippen molar-refractivity contribution in [2.45, 2.75) is 13.0 Å². The second-order valence-corrected chi connectivity index (χ2v) is 5.15. The average molecular weight is 310 g/mol. The van der Waals surface area contributed by atoms with Crippen LogP contribution in [-0.2, 0) is 4.74 Å². The molecule has 1 atom stereocenters. The Balaban J connectivity index is 1.82. The second kappa shape index (κ2) is 5.92. The first-order valence-corrected chi connectivity index (χ1v) is 7.07. The van der Waals surface area contributed by atoms with Crippen LogP contribution in [0.15, 0.2) is 54.7 Å². The van der Waals surface area contributed by atoms with E-state index in [0.29, 0.717) is 11.1 Å². The number of fused-ring (bicyclic) bond motifs is 1. The van der Waals surface area contributed by atoms with E-state index in [1.807, 2.05) is 24.3 Å². The van der Waals surface area contributed by atoms with Crippen LogP contribution in [0.25, 0.3) is 10.9 Å². The highest BCUT2D eigenvalue weighted by Crippen LogP contribution is 2.25. The molecule has 0 bridgehead atoms. The van der Waals surface area contributed by atoms with Crippen LogP contribution >= 0.6 is 0 Å². The normalized spacial score (nSPS) is 12.0. The number of H-pyrrole nitrogens is 1. The lowest BCUT2D eigenvalue weighted by Gasteiger charge is -2.13. The minimum absolute atomic E-state index is 0.0301. The number of carbonyl (C=O) groups excluding carboxylic acids is 1.